The lowest BCUT2D eigenvalue weighted by Gasteiger charge is -2.30. The summed E-state index contributed by atoms with van der Waals surface area (Å²) in [5, 5.41) is 4.20. The first kappa shape index (κ1) is 22.5. The predicted molar refractivity (Wildman–Crippen MR) is 130 cm³/mol. The molecule has 0 spiro atoms. The van der Waals surface area contributed by atoms with Crippen LogP contribution in [0.5, 0.6) is 0 Å². The van der Waals surface area contributed by atoms with E-state index in [9.17, 15) is 0 Å². The Morgan fingerprint density at radius 3 is 2.33 bits per heavy atom. The van der Waals surface area contributed by atoms with Crippen molar-refractivity contribution in [3.63, 3.8) is 0 Å². The summed E-state index contributed by atoms with van der Waals surface area (Å²) >= 11 is 5.80. The third kappa shape index (κ3) is 6.97. The molecule has 3 rings (SSSR count). The molecule has 0 aliphatic carbocycles. The highest BCUT2D eigenvalue weighted by Gasteiger charge is 2.14. The van der Waals surface area contributed by atoms with Crippen molar-refractivity contribution in [2.75, 3.05) is 63.7 Å². The Morgan fingerprint density at radius 1 is 1.03 bits per heavy atom. The Hall–Kier alpha value is -2.15. The summed E-state index contributed by atoms with van der Waals surface area (Å²) < 4.78 is 5.46. The van der Waals surface area contributed by atoms with E-state index in [-0.39, 0.29) is 0 Å². The molecule has 1 aliphatic rings. The van der Waals surface area contributed by atoms with Crippen LogP contribution in [-0.4, -0.2) is 68.4 Å². The second-order valence-corrected chi connectivity index (χ2v) is 8.47. The highest BCUT2D eigenvalue weighted by molar-refractivity contribution is 7.80. The quantitative estimate of drug-likeness (QED) is 0.643. The van der Waals surface area contributed by atoms with Crippen LogP contribution >= 0.6 is 12.2 Å². The molecule has 1 saturated heterocycles. The molecule has 1 heterocycles. The Balaban J connectivity index is 1.63. The maximum Gasteiger partial charge on any atom is 0.173 e. The number of thiocarbonyl (C=S) groups is 1. The molecule has 0 amide bonds. The van der Waals surface area contributed by atoms with Gasteiger partial charge in [-0.25, -0.2) is 0 Å². The minimum atomic E-state index is 0.775. The van der Waals surface area contributed by atoms with Gasteiger partial charge < -0.3 is 19.9 Å². The van der Waals surface area contributed by atoms with Gasteiger partial charge in [0.05, 0.1) is 13.2 Å². The second-order valence-electron chi connectivity index (χ2n) is 8.09. The van der Waals surface area contributed by atoms with E-state index in [0.717, 1.165) is 63.2 Å². The molecule has 162 valence electrons. The molecule has 5 nitrogen and oxygen atoms in total. The Kier molecular flexibility index (Phi) is 8.49. The molecule has 0 aromatic heterocycles. The molecule has 2 aromatic carbocycles. The zero-order valence-corrected chi connectivity index (χ0v) is 19.3. The molecule has 0 bridgehead atoms. The number of anilines is 2. The number of nitrogens with one attached hydrogen (secondary N) is 1. The lowest BCUT2D eigenvalue weighted by atomic mass is 10.2. The number of ether oxygens (including phenoxy) is 1. The van der Waals surface area contributed by atoms with Gasteiger partial charge in [0.15, 0.2) is 5.11 Å². The van der Waals surface area contributed by atoms with Gasteiger partial charge in [0, 0.05) is 58.2 Å². The van der Waals surface area contributed by atoms with Gasteiger partial charge in [0.2, 0.25) is 0 Å². The molecule has 0 radical (unpaired) electrons. The van der Waals surface area contributed by atoms with Crippen molar-refractivity contribution in [3.05, 3.63) is 59.7 Å². The molecule has 2 aromatic rings. The molecule has 6 heteroatoms. The maximum absolute atomic E-state index is 5.80. The predicted octanol–water partition coefficient (Wildman–Crippen LogP) is 3.98. The smallest absolute Gasteiger partial charge is 0.173 e. The lowest BCUT2D eigenvalue weighted by Crippen LogP contribution is -2.40. The number of hydrogen-bond acceptors (Lipinski definition) is 4. The average molecular weight is 427 g/mol. The molecule has 1 N–H and O–H groups in total. The minimum Gasteiger partial charge on any atom is -0.379 e. The summed E-state index contributed by atoms with van der Waals surface area (Å²) in [5.41, 5.74) is 4.75. The zero-order chi connectivity index (χ0) is 21.3. The first-order valence-electron chi connectivity index (χ1n) is 10.7. The summed E-state index contributed by atoms with van der Waals surface area (Å²) in [6.45, 7) is 8.63. The topological polar surface area (TPSA) is 31.0 Å². The van der Waals surface area contributed by atoms with Crippen LogP contribution in [0.2, 0.25) is 0 Å². The van der Waals surface area contributed by atoms with E-state index >= 15 is 0 Å². The van der Waals surface area contributed by atoms with Crippen LogP contribution in [0.25, 0.3) is 0 Å². The molecular weight excluding hydrogens is 392 g/mol. The molecule has 0 saturated carbocycles. The van der Waals surface area contributed by atoms with E-state index in [1.54, 1.807) is 0 Å². The molecule has 1 fully saturated rings. The van der Waals surface area contributed by atoms with Crippen molar-refractivity contribution in [1.29, 1.82) is 0 Å². The maximum atomic E-state index is 5.80. The van der Waals surface area contributed by atoms with Gasteiger partial charge in [-0.05, 0) is 55.4 Å². The normalized spacial score (nSPS) is 14.4. The number of aryl methyl sites for hydroxylation is 1. The minimum absolute atomic E-state index is 0.775. The van der Waals surface area contributed by atoms with Crippen molar-refractivity contribution in [3.8, 4) is 0 Å². The highest BCUT2D eigenvalue weighted by Crippen LogP contribution is 2.16. The summed E-state index contributed by atoms with van der Waals surface area (Å²) in [6.07, 6.45) is 1.07. The fourth-order valence-electron chi connectivity index (χ4n) is 3.52. The SMILES string of the molecule is Cc1ccc(NC(=S)N(CCCN2CCOCC2)Cc2ccc(N(C)C)cc2)cc1. The summed E-state index contributed by atoms with van der Waals surface area (Å²) in [4.78, 5) is 6.87. The number of benzene rings is 2. The molecule has 1 aliphatic heterocycles. The van der Waals surface area contributed by atoms with Crippen LogP contribution in [0.15, 0.2) is 48.5 Å². The first-order chi connectivity index (χ1) is 14.5. The second kappa shape index (κ2) is 11.3. The third-order valence-corrected chi connectivity index (χ3v) is 5.78. The van der Waals surface area contributed by atoms with Gasteiger partial charge in [-0.15, -0.1) is 0 Å². The highest BCUT2D eigenvalue weighted by atomic mass is 32.1. The van der Waals surface area contributed by atoms with Gasteiger partial charge in [0.1, 0.15) is 0 Å². The van der Waals surface area contributed by atoms with E-state index in [1.165, 1.54) is 16.8 Å². The summed E-state index contributed by atoms with van der Waals surface area (Å²) in [6, 6.07) is 17.1. The molecule has 0 unspecified atom stereocenters. The standard InChI is InChI=1S/C24H34N4OS/c1-20-5-9-22(10-6-20)25-24(30)28(14-4-13-27-15-17-29-18-16-27)19-21-7-11-23(12-8-21)26(2)3/h5-12H,4,13-19H2,1-3H3,(H,25,30). The van der Waals surface area contributed by atoms with E-state index < -0.39 is 0 Å². The number of rotatable bonds is 8. The zero-order valence-electron chi connectivity index (χ0n) is 18.4. The van der Waals surface area contributed by atoms with Crippen molar-refractivity contribution < 1.29 is 4.74 Å². The molecular formula is C24H34N4OS. The van der Waals surface area contributed by atoms with Crippen LogP contribution in [0.1, 0.15) is 17.5 Å². The van der Waals surface area contributed by atoms with Crippen LogP contribution in [0.3, 0.4) is 0 Å². The number of morpholine rings is 1. The van der Waals surface area contributed by atoms with E-state index in [2.05, 4.69) is 89.6 Å². The molecule has 30 heavy (non-hydrogen) atoms. The van der Waals surface area contributed by atoms with Crippen LogP contribution < -0.4 is 10.2 Å². The average Bonchev–Trinajstić information content (AvgIpc) is 2.75. The van der Waals surface area contributed by atoms with Crippen LogP contribution in [-0.2, 0) is 11.3 Å². The van der Waals surface area contributed by atoms with Crippen molar-refractivity contribution in [2.24, 2.45) is 0 Å². The molecule has 0 atom stereocenters. The summed E-state index contributed by atoms with van der Waals surface area (Å²) in [5.74, 6) is 0. The monoisotopic (exact) mass is 426 g/mol. The van der Waals surface area contributed by atoms with Crippen molar-refractivity contribution in [1.82, 2.24) is 9.80 Å². The Labute approximate surface area is 186 Å². The van der Waals surface area contributed by atoms with Crippen LogP contribution in [0.4, 0.5) is 11.4 Å². The Bertz CT molecular complexity index is 786. The summed E-state index contributed by atoms with van der Waals surface area (Å²) in [7, 11) is 4.13. The number of hydrogen-bond donors (Lipinski definition) is 1. The van der Waals surface area contributed by atoms with E-state index in [4.69, 9.17) is 17.0 Å². The fraction of sp³-hybridized carbons (Fsp3) is 0.458. The van der Waals surface area contributed by atoms with E-state index in [0.29, 0.717) is 0 Å². The van der Waals surface area contributed by atoms with Crippen molar-refractivity contribution >= 4 is 28.7 Å². The van der Waals surface area contributed by atoms with Gasteiger partial charge in [0.25, 0.3) is 0 Å². The lowest BCUT2D eigenvalue weighted by molar-refractivity contribution is 0.0368. The van der Waals surface area contributed by atoms with E-state index in [1.807, 2.05) is 0 Å². The van der Waals surface area contributed by atoms with Gasteiger partial charge >= 0.3 is 0 Å². The number of nitrogens with zero attached hydrogens (tertiary/aromatic N) is 3. The third-order valence-electron chi connectivity index (χ3n) is 5.42. The van der Waals surface area contributed by atoms with Gasteiger partial charge in [-0.1, -0.05) is 29.8 Å². The van der Waals surface area contributed by atoms with Gasteiger partial charge in [-0.2, -0.15) is 0 Å². The van der Waals surface area contributed by atoms with Gasteiger partial charge in [-0.3, -0.25) is 4.90 Å². The largest absolute Gasteiger partial charge is 0.379 e. The first-order valence-corrected chi connectivity index (χ1v) is 11.1. The van der Waals surface area contributed by atoms with Crippen LogP contribution in [0, 0.1) is 6.92 Å². The van der Waals surface area contributed by atoms with Crippen molar-refractivity contribution in [2.45, 2.75) is 19.9 Å². The fourth-order valence-corrected chi connectivity index (χ4v) is 3.80. The Morgan fingerprint density at radius 2 is 1.70 bits per heavy atom.